The zero-order valence-corrected chi connectivity index (χ0v) is 11.2. The molecule has 1 atom stereocenters. The van der Waals surface area contributed by atoms with Gasteiger partial charge in [0.2, 0.25) is 0 Å². The third-order valence-corrected chi connectivity index (χ3v) is 3.59. The maximum absolute atomic E-state index is 12.1. The van der Waals surface area contributed by atoms with Crippen LogP contribution in [0.1, 0.15) is 23.2 Å². The molecule has 1 fully saturated rings. The third-order valence-electron chi connectivity index (χ3n) is 2.79. The van der Waals surface area contributed by atoms with Crippen LogP contribution in [0.25, 0.3) is 0 Å². The van der Waals surface area contributed by atoms with Gasteiger partial charge in [0, 0.05) is 12.3 Å². The fourth-order valence-corrected chi connectivity index (χ4v) is 2.32. The second-order valence-corrected chi connectivity index (χ2v) is 5.04. The van der Waals surface area contributed by atoms with Gasteiger partial charge in [-0.15, -0.1) is 0 Å². The van der Waals surface area contributed by atoms with Crippen LogP contribution in [0.15, 0.2) is 12.1 Å². The highest BCUT2D eigenvalue weighted by Crippen LogP contribution is 2.28. The Morgan fingerprint density at radius 2 is 2.22 bits per heavy atom. The summed E-state index contributed by atoms with van der Waals surface area (Å²) < 4.78 is 5.30. The zero-order chi connectivity index (χ0) is 13.1. The van der Waals surface area contributed by atoms with Gasteiger partial charge < -0.3 is 15.8 Å². The Morgan fingerprint density at radius 1 is 1.44 bits per heavy atom. The van der Waals surface area contributed by atoms with E-state index < -0.39 is 0 Å². The highest BCUT2D eigenvalue weighted by Gasteiger charge is 2.20. The highest BCUT2D eigenvalue weighted by molar-refractivity contribution is 6.44. The summed E-state index contributed by atoms with van der Waals surface area (Å²) in [7, 11) is 0. The van der Waals surface area contributed by atoms with E-state index in [9.17, 15) is 4.79 Å². The van der Waals surface area contributed by atoms with E-state index in [4.69, 9.17) is 33.7 Å². The second kappa shape index (κ2) is 5.78. The Balaban J connectivity index is 2.13. The number of rotatable bonds is 2. The van der Waals surface area contributed by atoms with Gasteiger partial charge in [-0.05, 0) is 25.0 Å². The Labute approximate surface area is 115 Å². The molecule has 1 saturated heterocycles. The Morgan fingerprint density at radius 3 is 2.89 bits per heavy atom. The van der Waals surface area contributed by atoms with Crippen molar-refractivity contribution in [3.8, 4) is 0 Å². The molecule has 1 aromatic rings. The van der Waals surface area contributed by atoms with Gasteiger partial charge in [-0.25, -0.2) is 0 Å². The fraction of sp³-hybridized carbons (Fsp3) is 0.417. The minimum atomic E-state index is -0.273. The number of nitrogens with two attached hydrogens (primary N) is 1. The lowest BCUT2D eigenvalue weighted by atomic mass is 10.1. The van der Waals surface area contributed by atoms with Gasteiger partial charge in [0.25, 0.3) is 5.91 Å². The molecule has 0 aliphatic carbocycles. The molecule has 4 nitrogen and oxygen atoms in total. The number of nitrogen functional groups attached to an aromatic ring is 1. The first kappa shape index (κ1) is 13.5. The van der Waals surface area contributed by atoms with E-state index in [1.54, 1.807) is 0 Å². The van der Waals surface area contributed by atoms with Gasteiger partial charge in [-0.3, -0.25) is 4.79 Å². The quantitative estimate of drug-likeness (QED) is 0.822. The van der Waals surface area contributed by atoms with E-state index in [-0.39, 0.29) is 22.0 Å². The van der Waals surface area contributed by atoms with Crippen LogP contribution >= 0.6 is 23.2 Å². The lowest BCUT2D eigenvalue weighted by molar-refractivity contribution is 0.0624. The maximum atomic E-state index is 12.1. The largest absolute Gasteiger partial charge is 0.399 e. The molecule has 98 valence electrons. The fourth-order valence-electron chi connectivity index (χ4n) is 1.89. The van der Waals surface area contributed by atoms with Crippen molar-refractivity contribution in [2.24, 2.45) is 0 Å². The van der Waals surface area contributed by atoms with E-state index in [0.717, 1.165) is 19.4 Å². The molecule has 1 heterocycles. The second-order valence-electron chi connectivity index (χ2n) is 4.25. The molecule has 0 radical (unpaired) electrons. The van der Waals surface area contributed by atoms with Crippen molar-refractivity contribution in [2.45, 2.75) is 18.9 Å². The van der Waals surface area contributed by atoms with E-state index in [0.29, 0.717) is 17.9 Å². The summed E-state index contributed by atoms with van der Waals surface area (Å²) in [4.78, 5) is 12.1. The van der Waals surface area contributed by atoms with Crippen molar-refractivity contribution < 1.29 is 9.53 Å². The molecule has 1 amide bonds. The molecule has 0 spiro atoms. The van der Waals surface area contributed by atoms with Crippen LogP contribution in [-0.2, 0) is 4.74 Å². The van der Waals surface area contributed by atoms with Crippen LogP contribution in [-0.4, -0.2) is 25.2 Å². The number of hydrogen-bond acceptors (Lipinski definition) is 3. The smallest absolute Gasteiger partial charge is 0.253 e. The molecule has 3 N–H and O–H groups in total. The minimum absolute atomic E-state index is 0.0162. The molecule has 0 saturated carbocycles. The van der Waals surface area contributed by atoms with Crippen LogP contribution in [0, 0.1) is 0 Å². The van der Waals surface area contributed by atoms with E-state index in [2.05, 4.69) is 5.32 Å². The van der Waals surface area contributed by atoms with Crippen LogP contribution in [0.4, 0.5) is 5.69 Å². The summed E-state index contributed by atoms with van der Waals surface area (Å²) >= 11 is 11.9. The molecule has 0 bridgehead atoms. The average molecular weight is 289 g/mol. The first-order valence-corrected chi connectivity index (χ1v) is 6.46. The topological polar surface area (TPSA) is 64.4 Å². The number of benzene rings is 1. The first-order valence-electron chi connectivity index (χ1n) is 5.71. The van der Waals surface area contributed by atoms with Crippen LogP contribution in [0.2, 0.25) is 10.0 Å². The van der Waals surface area contributed by atoms with Crippen molar-refractivity contribution in [3.05, 3.63) is 27.7 Å². The molecule has 2 rings (SSSR count). The van der Waals surface area contributed by atoms with Crippen molar-refractivity contribution >= 4 is 34.8 Å². The SMILES string of the molecule is Nc1cc(Cl)c(Cl)c(C(=O)NC2CCCOC2)c1. The highest BCUT2D eigenvalue weighted by atomic mass is 35.5. The van der Waals surface area contributed by atoms with Gasteiger partial charge in [0.05, 0.1) is 28.3 Å². The predicted octanol–water partition coefficient (Wildman–Crippen LogP) is 2.48. The monoisotopic (exact) mass is 288 g/mol. The van der Waals surface area contributed by atoms with Crippen molar-refractivity contribution in [1.29, 1.82) is 0 Å². The Kier molecular flexibility index (Phi) is 4.32. The molecule has 1 aliphatic rings. The number of halogens is 2. The number of carbonyl (C=O) groups excluding carboxylic acids is 1. The lowest BCUT2D eigenvalue weighted by Crippen LogP contribution is -2.40. The summed E-state index contributed by atoms with van der Waals surface area (Å²) in [5, 5.41) is 3.37. The Hall–Kier alpha value is -0.970. The van der Waals surface area contributed by atoms with E-state index >= 15 is 0 Å². The van der Waals surface area contributed by atoms with E-state index in [1.165, 1.54) is 12.1 Å². The normalized spacial score (nSPS) is 19.6. The summed E-state index contributed by atoms with van der Waals surface area (Å²) in [6.07, 6.45) is 1.84. The van der Waals surface area contributed by atoms with Gasteiger partial charge in [0.15, 0.2) is 0 Å². The number of amides is 1. The van der Waals surface area contributed by atoms with Gasteiger partial charge >= 0.3 is 0 Å². The number of carbonyl (C=O) groups is 1. The van der Waals surface area contributed by atoms with Gasteiger partial charge in [0.1, 0.15) is 0 Å². The van der Waals surface area contributed by atoms with Crippen LogP contribution in [0.3, 0.4) is 0 Å². The van der Waals surface area contributed by atoms with Crippen molar-refractivity contribution in [3.63, 3.8) is 0 Å². The van der Waals surface area contributed by atoms with Crippen molar-refractivity contribution in [2.75, 3.05) is 18.9 Å². The number of nitrogens with one attached hydrogen (secondary N) is 1. The summed E-state index contributed by atoms with van der Waals surface area (Å²) in [5.41, 5.74) is 6.36. The lowest BCUT2D eigenvalue weighted by Gasteiger charge is -2.23. The molecule has 6 heteroatoms. The van der Waals surface area contributed by atoms with E-state index in [1.807, 2.05) is 0 Å². The number of ether oxygens (including phenoxy) is 1. The minimum Gasteiger partial charge on any atom is -0.399 e. The number of hydrogen-bond donors (Lipinski definition) is 2. The molecule has 1 aromatic carbocycles. The molecule has 1 unspecified atom stereocenters. The predicted molar refractivity (Wildman–Crippen MR) is 72.2 cm³/mol. The standard InChI is InChI=1S/C12H14Cl2N2O2/c13-10-5-7(15)4-9(11(10)14)12(17)16-8-2-1-3-18-6-8/h4-5,8H,1-3,6,15H2,(H,16,17). The first-order chi connectivity index (χ1) is 8.58. The third kappa shape index (κ3) is 3.07. The summed E-state index contributed by atoms with van der Waals surface area (Å²) in [6.45, 7) is 1.27. The molecular weight excluding hydrogens is 275 g/mol. The average Bonchev–Trinajstić information content (AvgIpc) is 2.35. The van der Waals surface area contributed by atoms with Gasteiger partial charge in [-0.1, -0.05) is 23.2 Å². The summed E-state index contributed by atoms with van der Waals surface area (Å²) in [6, 6.07) is 3.06. The van der Waals surface area contributed by atoms with Gasteiger partial charge in [-0.2, -0.15) is 0 Å². The molecule has 0 aromatic heterocycles. The van der Waals surface area contributed by atoms with Crippen molar-refractivity contribution in [1.82, 2.24) is 5.32 Å². The summed E-state index contributed by atoms with van der Waals surface area (Å²) in [5.74, 6) is -0.273. The zero-order valence-electron chi connectivity index (χ0n) is 9.71. The molecular formula is C12H14Cl2N2O2. The Bertz CT molecular complexity index is 460. The van der Waals surface area contributed by atoms with Crippen LogP contribution in [0.5, 0.6) is 0 Å². The van der Waals surface area contributed by atoms with Crippen LogP contribution < -0.4 is 11.1 Å². The molecule has 1 aliphatic heterocycles. The maximum Gasteiger partial charge on any atom is 0.253 e. The number of anilines is 1. The molecule has 18 heavy (non-hydrogen) atoms.